The van der Waals surface area contributed by atoms with E-state index in [-0.39, 0.29) is 12.4 Å². The molecule has 3 heteroatoms. The second-order valence-corrected chi connectivity index (χ2v) is 4.74. The summed E-state index contributed by atoms with van der Waals surface area (Å²) in [5, 5.41) is 0.502. The van der Waals surface area contributed by atoms with Crippen LogP contribution in [0.3, 0.4) is 0 Å². The predicted octanol–water partition coefficient (Wildman–Crippen LogP) is 3.18. The Morgan fingerprint density at radius 1 is 1.50 bits per heavy atom. The van der Waals surface area contributed by atoms with E-state index in [9.17, 15) is 4.39 Å². The van der Waals surface area contributed by atoms with E-state index < -0.39 is 0 Å². The molecule has 0 aliphatic carbocycles. The van der Waals surface area contributed by atoms with Crippen LogP contribution < -0.4 is 5.73 Å². The number of rotatable bonds is 4. The van der Waals surface area contributed by atoms with Crippen LogP contribution in [-0.2, 0) is 6.54 Å². The maximum Gasteiger partial charge on any atom is 0.128 e. The Labute approximate surface area is 88.9 Å². The molecular formula is C11H16FNS. The lowest BCUT2D eigenvalue weighted by Gasteiger charge is -2.12. The van der Waals surface area contributed by atoms with Gasteiger partial charge in [0, 0.05) is 22.3 Å². The van der Waals surface area contributed by atoms with Crippen molar-refractivity contribution in [2.75, 3.05) is 0 Å². The Bertz CT molecular complexity index is 301. The van der Waals surface area contributed by atoms with E-state index in [0.717, 1.165) is 11.3 Å². The molecule has 1 aromatic carbocycles. The van der Waals surface area contributed by atoms with E-state index in [4.69, 9.17) is 5.73 Å². The molecule has 0 fully saturated rings. The van der Waals surface area contributed by atoms with Crippen LogP contribution in [0.4, 0.5) is 4.39 Å². The third-order valence-electron chi connectivity index (χ3n) is 2.18. The van der Waals surface area contributed by atoms with E-state index in [1.54, 1.807) is 17.8 Å². The number of thioether (sulfide) groups is 1. The van der Waals surface area contributed by atoms with Gasteiger partial charge in [0.25, 0.3) is 0 Å². The van der Waals surface area contributed by atoms with Gasteiger partial charge in [-0.05, 0) is 18.6 Å². The molecule has 0 bridgehead atoms. The lowest BCUT2D eigenvalue weighted by Crippen LogP contribution is -2.03. The smallest absolute Gasteiger partial charge is 0.128 e. The summed E-state index contributed by atoms with van der Waals surface area (Å²) in [6.45, 7) is 4.53. The monoisotopic (exact) mass is 213 g/mol. The van der Waals surface area contributed by atoms with Crippen molar-refractivity contribution in [2.24, 2.45) is 5.73 Å². The minimum Gasteiger partial charge on any atom is -0.326 e. The summed E-state index contributed by atoms with van der Waals surface area (Å²) in [5.41, 5.74) is 6.15. The van der Waals surface area contributed by atoms with Crippen molar-refractivity contribution in [3.63, 3.8) is 0 Å². The van der Waals surface area contributed by atoms with E-state index in [1.165, 1.54) is 6.07 Å². The minimum absolute atomic E-state index is 0.194. The van der Waals surface area contributed by atoms with Gasteiger partial charge in [-0.1, -0.05) is 19.9 Å². The Hall–Kier alpha value is -0.540. The summed E-state index contributed by atoms with van der Waals surface area (Å²) in [5.74, 6) is -0.194. The SMILES string of the molecule is CCC(C)Sc1cccc(F)c1CN. The van der Waals surface area contributed by atoms with Crippen LogP contribution in [-0.4, -0.2) is 5.25 Å². The summed E-state index contributed by atoms with van der Waals surface area (Å²) in [4.78, 5) is 0.974. The molecule has 2 N–H and O–H groups in total. The Morgan fingerprint density at radius 3 is 2.79 bits per heavy atom. The number of halogens is 1. The molecule has 1 nitrogen and oxygen atoms in total. The van der Waals surface area contributed by atoms with Crippen molar-refractivity contribution in [2.45, 2.75) is 37.0 Å². The van der Waals surface area contributed by atoms with Crippen LogP contribution >= 0.6 is 11.8 Å². The average Bonchev–Trinajstić information content (AvgIpc) is 2.18. The van der Waals surface area contributed by atoms with Crippen molar-refractivity contribution >= 4 is 11.8 Å². The first-order chi connectivity index (χ1) is 6.69. The molecular weight excluding hydrogens is 197 g/mol. The highest BCUT2D eigenvalue weighted by atomic mass is 32.2. The molecule has 0 radical (unpaired) electrons. The van der Waals surface area contributed by atoms with Crippen molar-refractivity contribution in [1.29, 1.82) is 0 Å². The highest BCUT2D eigenvalue weighted by molar-refractivity contribution is 8.00. The summed E-state index contributed by atoms with van der Waals surface area (Å²) in [7, 11) is 0. The average molecular weight is 213 g/mol. The van der Waals surface area contributed by atoms with Crippen LogP contribution in [0.1, 0.15) is 25.8 Å². The van der Waals surface area contributed by atoms with Gasteiger partial charge in [0.05, 0.1) is 0 Å². The first kappa shape index (κ1) is 11.5. The van der Waals surface area contributed by atoms with Crippen LogP contribution in [0, 0.1) is 5.82 Å². The molecule has 0 saturated carbocycles. The van der Waals surface area contributed by atoms with Crippen molar-refractivity contribution < 1.29 is 4.39 Å². The number of hydrogen-bond donors (Lipinski definition) is 1. The molecule has 0 aromatic heterocycles. The van der Waals surface area contributed by atoms with Gasteiger partial charge in [0.15, 0.2) is 0 Å². The van der Waals surface area contributed by atoms with Gasteiger partial charge in [0.2, 0.25) is 0 Å². The number of nitrogens with two attached hydrogens (primary N) is 1. The standard InChI is InChI=1S/C11H16FNS/c1-3-8(2)14-11-6-4-5-10(12)9(11)7-13/h4-6,8H,3,7,13H2,1-2H3. The fourth-order valence-electron chi connectivity index (χ4n) is 1.15. The van der Waals surface area contributed by atoms with Crippen molar-refractivity contribution in [3.05, 3.63) is 29.6 Å². The third kappa shape index (κ3) is 2.72. The zero-order valence-electron chi connectivity index (χ0n) is 8.59. The van der Waals surface area contributed by atoms with Gasteiger partial charge in [-0.15, -0.1) is 11.8 Å². The number of hydrogen-bond acceptors (Lipinski definition) is 2. The first-order valence-electron chi connectivity index (χ1n) is 4.83. The summed E-state index contributed by atoms with van der Waals surface area (Å²) in [6, 6.07) is 5.13. The molecule has 1 rings (SSSR count). The normalized spacial score (nSPS) is 12.9. The molecule has 14 heavy (non-hydrogen) atoms. The fourth-order valence-corrected chi connectivity index (χ4v) is 2.23. The highest BCUT2D eigenvalue weighted by Crippen LogP contribution is 2.29. The maximum atomic E-state index is 13.3. The molecule has 1 unspecified atom stereocenters. The second-order valence-electron chi connectivity index (χ2n) is 3.26. The lowest BCUT2D eigenvalue weighted by atomic mass is 10.2. The topological polar surface area (TPSA) is 26.0 Å². The van der Waals surface area contributed by atoms with Gasteiger partial charge in [-0.2, -0.15) is 0 Å². The number of benzene rings is 1. The van der Waals surface area contributed by atoms with Crippen molar-refractivity contribution in [3.8, 4) is 0 Å². The molecule has 1 aromatic rings. The molecule has 0 saturated heterocycles. The lowest BCUT2D eigenvalue weighted by molar-refractivity contribution is 0.604. The van der Waals surface area contributed by atoms with Crippen LogP contribution in [0.2, 0.25) is 0 Å². The highest BCUT2D eigenvalue weighted by Gasteiger charge is 2.09. The molecule has 0 aliphatic rings. The maximum absolute atomic E-state index is 13.3. The minimum atomic E-state index is -0.194. The molecule has 1 atom stereocenters. The van der Waals surface area contributed by atoms with E-state index in [1.807, 2.05) is 6.07 Å². The van der Waals surface area contributed by atoms with Crippen molar-refractivity contribution in [1.82, 2.24) is 0 Å². The zero-order valence-corrected chi connectivity index (χ0v) is 9.40. The van der Waals surface area contributed by atoms with Crippen LogP contribution in [0.5, 0.6) is 0 Å². The fraction of sp³-hybridized carbons (Fsp3) is 0.455. The van der Waals surface area contributed by atoms with Gasteiger partial charge >= 0.3 is 0 Å². The molecule has 0 spiro atoms. The van der Waals surface area contributed by atoms with Gasteiger partial charge < -0.3 is 5.73 Å². The van der Waals surface area contributed by atoms with Crippen LogP contribution in [0.25, 0.3) is 0 Å². The summed E-state index contributed by atoms with van der Waals surface area (Å²) < 4.78 is 13.3. The Morgan fingerprint density at radius 2 is 2.21 bits per heavy atom. The molecule has 0 aliphatic heterocycles. The Kier molecular flexibility index (Phi) is 4.42. The Balaban J connectivity index is 2.90. The van der Waals surface area contributed by atoms with Gasteiger partial charge in [-0.3, -0.25) is 0 Å². The van der Waals surface area contributed by atoms with Gasteiger partial charge in [0.1, 0.15) is 5.82 Å². The quantitative estimate of drug-likeness (QED) is 0.777. The van der Waals surface area contributed by atoms with E-state index in [0.29, 0.717) is 10.8 Å². The summed E-state index contributed by atoms with van der Waals surface area (Å²) >= 11 is 1.69. The molecule has 0 amide bonds. The third-order valence-corrected chi connectivity index (χ3v) is 3.56. The second kappa shape index (κ2) is 5.37. The molecule has 0 heterocycles. The summed E-state index contributed by atoms with van der Waals surface area (Å²) in [6.07, 6.45) is 1.07. The largest absolute Gasteiger partial charge is 0.326 e. The molecule has 78 valence electrons. The first-order valence-corrected chi connectivity index (χ1v) is 5.71. The van der Waals surface area contributed by atoms with Crippen LogP contribution in [0.15, 0.2) is 23.1 Å². The van der Waals surface area contributed by atoms with Gasteiger partial charge in [-0.25, -0.2) is 4.39 Å². The predicted molar refractivity (Wildman–Crippen MR) is 59.9 cm³/mol. The van der Waals surface area contributed by atoms with E-state index >= 15 is 0 Å². The zero-order chi connectivity index (χ0) is 10.6. The van der Waals surface area contributed by atoms with E-state index in [2.05, 4.69) is 13.8 Å².